The van der Waals surface area contributed by atoms with Crippen molar-refractivity contribution in [3.05, 3.63) is 12.4 Å². The van der Waals surface area contributed by atoms with Gasteiger partial charge in [-0.25, -0.2) is 5.06 Å². The summed E-state index contributed by atoms with van der Waals surface area (Å²) in [5.41, 5.74) is 0. The Morgan fingerprint density at radius 2 is 2.33 bits per heavy atom. The minimum atomic E-state index is 0.734. The molecule has 1 aliphatic heterocycles. The third kappa shape index (κ3) is 1.61. The van der Waals surface area contributed by atoms with Gasteiger partial charge < -0.3 is 4.90 Å². The van der Waals surface area contributed by atoms with Crippen LogP contribution in [0, 0.1) is 0 Å². The van der Waals surface area contributed by atoms with Crippen LogP contribution in [0.3, 0.4) is 0 Å². The predicted molar refractivity (Wildman–Crippen MR) is 35.2 cm³/mol. The summed E-state index contributed by atoms with van der Waals surface area (Å²) in [5, 5.41) is 1.81. The van der Waals surface area contributed by atoms with Crippen molar-refractivity contribution in [2.45, 2.75) is 6.92 Å². The average molecular weight is 128 g/mol. The lowest BCUT2D eigenvalue weighted by molar-refractivity contribution is -0.121. The molecular formula is C6H12N2O. The first-order chi connectivity index (χ1) is 4.33. The van der Waals surface area contributed by atoms with E-state index in [0.29, 0.717) is 0 Å². The Hall–Kier alpha value is -0.700. The molecule has 0 amide bonds. The number of nitrogens with zero attached hydrogens (tertiary/aromatic N) is 2. The fraction of sp³-hybridized carbons (Fsp3) is 0.667. The molecule has 52 valence electrons. The Labute approximate surface area is 55.5 Å². The Morgan fingerprint density at radius 1 is 1.56 bits per heavy atom. The van der Waals surface area contributed by atoms with Crippen LogP contribution in [0.25, 0.3) is 0 Å². The summed E-state index contributed by atoms with van der Waals surface area (Å²) in [6.07, 6.45) is 3.90. The first-order valence-electron chi connectivity index (χ1n) is 3.11. The molecule has 9 heavy (non-hydrogen) atoms. The van der Waals surface area contributed by atoms with Gasteiger partial charge in [-0.15, -0.1) is 0 Å². The molecule has 0 aromatic heterocycles. The molecule has 0 radical (unpaired) electrons. The summed E-state index contributed by atoms with van der Waals surface area (Å²) in [6.45, 7) is 3.55. The highest BCUT2D eigenvalue weighted by molar-refractivity contribution is 4.84. The van der Waals surface area contributed by atoms with Gasteiger partial charge in [0.15, 0.2) is 0 Å². The van der Waals surface area contributed by atoms with Crippen LogP contribution >= 0.6 is 0 Å². The zero-order valence-corrected chi connectivity index (χ0v) is 5.87. The number of hydrogen-bond acceptors (Lipinski definition) is 3. The van der Waals surface area contributed by atoms with Gasteiger partial charge in [0, 0.05) is 19.4 Å². The highest BCUT2D eigenvalue weighted by atomic mass is 16.7. The van der Waals surface area contributed by atoms with Crippen molar-refractivity contribution in [2.24, 2.45) is 0 Å². The monoisotopic (exact) mass is 128 g/mol. The molecular weight excluding hydrogens is 116 g/mol. The maximum atomic E-state index is 5.18. The van der Waals surface area contributed by atoms with E-state index in [1.807, 2.05) is 26.4 Å². The Balaban J connectivity index is 2.24. The maximum Gasteiger partial charge on any atom is 0.115 e. The number of rotatable bonds is 2. The molecule has 0 fully saturated rings. The molecule has 3 nitrogen and oxygen atoms in total. The van der Waals surface area contributed by atoms with Gasteiger partial charge in [-0.2, -0.15) is 0 Å². The van der Waals surface area contributed by atoms with Crippen LogP contribution in [-0.4, -0.2) is 30.3 Å². The van der Waals surface area contributed by atoms with Crippen LogP contribution in [0.1, 0.15) is 6.92 Å². The molecule has 0 unspecified atom stereocenters. The van der Waals surface area contributed by atoms with Crippen LogP contribution in [-0.2, 0) is 4.84 Å². The van der Waals surface area contributed by atoms with E-state index in [1.54, 1.807) is 5.06 Å². The molecule has 1 rings (SSSR count). The minimum Gasteiger partial charge on any atom is -0.360 e. The lowest BCUT2D eigenvalue weighted by Gasteiger charge is -2.15. The zero-order valence-electron chi connectivity index (χ0n) is 5.87. The second kappa shape index (κ2) is 2.73. The van der Waals surface area contributed by atoms with Crippen molar-refractivity contribution in [1.29, 1.82) is 0 Å². The van der Waals surface area contributed by atoms with Crippen LogP contribution in [0.15, 0.2) is 12.4 Å². The molecule has 1 heterocycles. The first kappa shape index (κ1) is 6.42. The molecule has 3 heteroatoms. The summed E-state index contributed by atoms with van der Waals surface area (Å²) in [4.78, 5) is 7.23. The molecule has 0 saturated heterocycles. The van der Waals surface area contributed by atoms with Crippen LogP contribution < -0.4 is 0 Å². The molecule has 0 atom stereocenters. The van der Waals surface area contributed by atoms with Crippen molar-refractivity contribution in [2.75, 3.05) is 20.3 Å². The second-order valence-electron chi connectivity index (χ2n) is 2.03. The van der Waals surface area contributed by atoms with Gasteiger partial charge in [0.1, 0.15) is 6.67 Å². The van der Waals surface area contributed by atoms with Gasteiger partial charge in [-0.05, 0) is 6.92 Å². The Bertz CT molecular complexity index is 114. The summed E-state index contributed by atoms with van der Waals surface area (Å²) in [7, 11) is 2.01. The first-order valence-corrected chi connectivity index (χ1v) is 3.11. The summed E-state index contributed by atoms with van der Waals surface area (Å²) >= 11 is 0. The van der Waals surface area contributed by atoms with Crippen LogP contribution in [0.4, 0.5) is 0 Å². The molecule has 1 aliphatic rings. The van der Waals surface area contributed by atoms with Gasteiger partial charge in [0.2, 0.25) is 0 Å². The summed E-state index contributed by atoms with van der Waals surface area (Å²) < 4.78 is 0. The van der Waals surface area contributed by atoms with E-state index >= 15 is 0 Å². The average Bonchev–Trinajstić information content (AvgIpc) is 2.17. The molecule has 0 aromatic carbocycles. The largest absolute Gasteiger partial charge is 0.360 e. The zero-order chi connectivity index (χ0) is 6.69. The van der Waals surface area contributed by atoms with E-state index in [1.165, 1.54) is 0 Å². The van der Waals surface area contributed by atoms with Crippen LogP contribution in [0.2, 0.25) is 0 Å². The Morgan fingerprint density at radius 3 is 2.78 bits per heavy atom. The Kier molecular flexibility index (Phi) is 1.95. The topological polar surface area (TPSA) is 15.7 Å². The highest BCUT2D eigenvalue weighted by Gasteiger charge is 2.06. The van der Waals surface area contributed by atoms with Crippen molar-refractivity contribution in [3.63, 3.8) is 0 Å². The van der Waals surface area contributed by atoms with E-state index in [4.69, 9.17) is 4.84 Å². The van der Waals surface area contributed by atoms with Crippen LogP contribution in [0.5, 0.6) is 0 Å². The lowest BCUT2D eigenvalue weighted by Crippen LogP contribution is -2.22. The SMILES string of the molecule is CCON1C=CN(C)C1. The van der Waals surface area contributed by atoms with E-state index in [2.05, 4.69) is 4.90 Å². The van der Waals surface area contributed by atoms with Gasteiger partial charge in [-0.3, -0.25) is 4.84 Å². The molecule has 0 bridgehead atoms. The van der Waals surface area contributed by atoms with Gasteiger partial charge in [0.25, 0.3) is 0 Å². The molecule has 0 aromatic rings. The van der Waals surface area contributed by atoms with Gasteiger partial charge in [0.05, 0.1) is 6.61 Å². The molecule has 0 N–H and O–H groups in total. The van der Waals surface area contributed by atoms with Gasteiger partial charge in [-0.1, -0.05) is 0 Å². The second-order valence-corrected chi connectivity index (χ2v) is 2.03. The van der Waals surface area contributed by atoms with Crippen molar-refractivity contribution < 1.29 is 4.84 Å². The minimum absolute atomic E-state index is 0.734. The number of hydroxylamine groups is 2. The fourth-order valence-electron chi connectivity index (χ4n) is 0.752. The summed E-state index contributed by atoms with van der Waals surface area (Å²) in [6, 6.07) is 0. The van der Waals surface area contributed by atoms with Gasteiger partial charge >= 0.3 is 0 Å². The molecule has 0 saturated carbocycles. The van der Waals surface area contributed by atoms with Crippen molar-refractivity contribution in [1.82, 2.24) is 9.96 Å². The normalized spacial score (nSPS) is 17.6. The molecule has 0 aliphatic carbocycles. The smallest absolute Gasteiger partial charge is 0.115 e. The highest BCUT2D eigenvalue weighted by Crippen LogP contribution is 2.02. The van der Waals surface area contributed by atoms with Crippen molar-refractivity contribution >= 4 is 0 Å². The lowest BCUT2D eigenvalue weighted by atomic mass is 10.9. The summed E-state index contributed by atoms with van der Waals surface area (Å²) in [5.74, 6) is 0. The van der Waals surface area contributed by atoms with E-state index in [9.17, 15) is 0 Å². The third-order valence-electron chi connectivity index (χ3n) is 1.14. The van der Waals surface area contributed by atoms with E-state index in [0.717, 1.165) is 13.3 Å². The third-order valence-corrected chi connectivity index (χ3v) is 1.14. The molecule has 0 spiro atoms. The number of hydrogen-bond donors (Lipinski definition) is 0. The maximum absolute atomic E-state index is 5.18. The quantitative estimate of drug-likeness (QED) is 0.542. The standard InChI is InChI=1S/C6H12N2O/c1-3-9-8-5-4-7(2)6-8/h4-5H,3,6H2,1-2H3. The van der Waals surface area contributed by atoms with E-state index in [-0.39, 0.29) is 0 Å². The predicted octanol–water partition coefficient (Wildman–Crippen LogP) is 0.614. The van der Waals surface area contributed by atoms with Crippen molar-refractivity contribution in [3.8, 4) is 0 Å². The van der Waals surface area contributed by atoms with E-state index < -0.39 is 0 Å². The fourth-order valence-corrected chi connectivity index (χ4v) is 0.752.